The Morgan fingerprint density at radius 3 is 2.44 bits per heavy atom. The Morgan fingerprint density at radius 2 is 1.81 bits per heavy atom. The Labute approximate surface area is 179 Å². The first-order valence-corrected chi connectivity index (χ1v) is 8.94. The van der Waals surface area contributed by atoms with Crippen LogP contribution in [0.1, 0.15) is 23.6 Å². The van der Waals surface area contributed by atoms with E-state index >= 15 is 0 Å². The topological polar surface area (TPSA) is 57.1 Å². The molecule has 0 saturated carbocycles. The van der Waals surface area contributed by atoms with Gasteiger partial charge in [-0.05, 0) is 43.5 Å². The number of benzene rings is 2. The average Bonchev–Trinajstić information content (AvgIpc) is 2.64. The number of rotatable bonds is 7. The maximum Gasteiger partial charge on any atom is 0.193 e. The average molecular weight is 483 g/mol. The first-order chi connectivity index (χ1) is 12.5. The molecular weight excluding hydrogens is 453 g/mol. The Morgan fingerprint density at radius 1 is 1.15 bits per heavy atom. The van der Waals surface area contributed by atoms with Gasteiger partial charge in [-0.1, -0.05) is 35.9 Å². The molecule has 6 heteroatoms. The number of aliphatic imine (C=N–C) groups is 1. The Balaban J connectivity index is 0.00000364. The minimum Gasteiger partial charge on any atom is -0.504 e. The highest BCUT2D eigenvalue weighted by Crippen LogP contribution is 2.26. The van der Waals surface area contributed by atoms with E-state index in [1.807, 2.05) is 19.2 Å². The minimum atomic E-state index is 0. The summed E-state index contributed by atoms with van der Waals surface area (Å²) >= 11 is 0. The summed E-state index contributed by atoms with van der Waals surface area (Å²) < 4.78 is 5.16. The normalized spacial score (nSPS) is 10.9. The van der Waals surface area contributed by atoms with Gasteiger partial charge in [0.1, 0.15) is 0 Å². The zero-order chi connectivity index (χ0) is 18.9. The van der Waals surface area contributed by atoms with Crippen molar-refractivity contribution in [3.63, 3.8) is 0 Å². The van der Waals surface area contributed by atoms with E-state index < -0.39 is 0 Å². The summed E-state index contributed by atoms with van der Waals surface area (Å²) in [6.45, 7) is 6.45. The van der Waals surface area contributed by atoms with Crippen molar-refractivity contribution in [2.45, 2.75) is 26.8 Å². The number of aromatic hydroxyl groups is 1. The number of halogens is 1. The van der Waals surface area contributed by atoms with Crippen LogP contribution in [0.5, 0.6) is 11.5 Å². The summed E-state index contributed by atoms with van der Waals surface area (Å²) in [4.78, 5) is 6.86. The lowest BCUT2D eigenvalue weighted by Gasteiger charge is -2.22. The smallest absolute Gasteiger partial charge is 0.193 e. The van der Waals surface area contributed by atoms with Crippen LogP contribution in [0.15, 0.2) is 47.5 Å². The molecule has 27 heavy (non-hydrogen) atoms. The standard InChI is InChI=1S/C21H29N3O2.HI/c1-5-22-21(24(3)15-18-8-6-16(2)7-9-18)23-13-12-17-10-11-19(25)20(14-17)26-4;/h6-11,14,25H,5,12-13,15H2,1-4H3,(H,22,23);1H. The van der Waals surface area contributed by atoms with Crippen molar-refractivity contribution >= 4 is 29.9 Å². The molecule has 2 aromatic rings. The first-order valence-electron chi connectivity index (χ1n) is 8.94. The number of ether oxygens (including phenoxy) is 1. The second-order valence-corrected chi connectivity index (χ2v) is 6.33. The van der Waals surface area contributed by atoms with Crippen LogP contribution in [-0.4, -0.2) is 43.2 Å². The molecule has 0 unspecified atom stereocenters. The van der Waals surface area contributed by atoms with Crippen molar-refractivity contribution in [3.05, 3.63) is 59.2 Å². The van der Waals surface area contributed by atoms with Gasteiger partial charge >= 0.3 is 0 Å². The van der Waals surface area contributed by atoms with Gasteiger partial charge < -0.3 is 20.1 Å². The lowest BCUT2D eigenvalue weighted by molar-refractivity contribution is 0.373. The van der Waals surface area contributed by atoms with Gasteiger partial charge in [0.25, 0.3) is 0 Å². The summed E-state index contributed by atoms with van der Waals surface area (Å²) in [5.74, 6) is 1.54. The highest BCUT2D eigenvalue weighted by Gasteiger charge is 2.07. The molecule has 2 aromatic carbocycles. The third-order valence-corrected chi connectivity index (χ3v) is 4.14. The van der Waals surface area contributed by atoms with Crippen LogP contribution >= 0.6 is 24.0 Å². The number of nitrogens with zero attached hydrogens (tertiary/aromatic N) is 2. The van der Waals surface area contributed by atoms with E-state index in [-0.39, 0.29) is 29.7 Å². The maximum absolute atomic E-state index is 9.68. The predicted octanol–water partition coefficient (Wildman–Crippen LogP) is 3.97. The first kappa shape index (κ1) is 23.1. The van der Waals surface area contributed by atoms with Gasteiger partial charge in [0.15, 0.2) is 17.5 Å². The predicted molar refractivity (Wildman–Crippen MR) is 122 cm³/mol. The van der Waals surface area contributed by atoms with E-state index in [9.17, 15) is 5.11 Å². The van der Waals surface area contributed by atoms with E-state index in [0.29, 0.717) is 12.3 Å². The number of phenols is 1. The lowest BCUT2D eigenvalue weighted by Crippen LogP contribution is -2.38. The van der Waals surface area contributed by atoms with Crippen LogP contribution in [0, 0.1) is 6.92 Å². The van der Waals surface area contributed by atoms with E-state index in [0.717, 1.165) is 31.0 Å². The highest BCUT2D eigenvalue weighted by molar-refractivity contribution is 14.0. The Kier molecular flexibility index (Phi) is 9.99. The second-order valence-electron chi connectivity index (χ2n) is 6.33. The molecule has 0 saturated heterocycles. The van der Waals surface area contributed by atoms with E-state index in [4.69, 9.17) is 9.73 Å². The highest BCUT2D eigenvalue weighted by atomic mass is 127. The number of hydrogen-bond acceptors (Lipinski definition) is 3. The van der Waals surface area contributed by atoms with Crippen molar-refractivity contribution in [1.29, 1.82) is 0 Å². The molecule has 2 rings (SSSR count). The third-order valence-electron chi connectivity index (χ3n) is 4.14. The zero-order valence-corrected chi connectivity index (χ0v) is 18.9. The third kappa shape index (κ3) is 7.28. The minimum absolute atomic E-state index is 0. The molecule has 148 valence electrons. The van der Waals surface area contributed by atoms with Gasteiger partial charge in [-0.25, -0.2) is 0 Å². The van der Waals surface area contributed by atoms with Crippen molar-refractivity contribution in [2.75, 3.05) is 27.2 Å². The molecule has 0 aliphatic carbocycles. The lowest BCUT2D eigenvalue weighted by atomic mass is 10.1. The molecule has 0 heterocycles. The molecule has 0 amide bonds. The number of methoxy groups -OCH3 is 1. The van der Waals surface area contributed by atoms with E-state index in [1.54, 1.807) is 13.2 Å². The van der Waals surface area contributed by atoms with Gasteiger partial charge in [-0.3, -0.25) is 4.99 Å². The molecule has 0 radical (unpaired) electrons. The number of hydrogen-bond donors (Lipinski definition) is 2. The maximum atomic E-state index is 9.68. The van der Waals surface area contributed by atoms with Crippen molar-refractivity contribution in [1.82, 2.24) is 10.2 Å². The molecule has 0 aliphatic heterocycles. The van der Waals surface area contributed by atoms with E-state index in [2.05, 4.69) is 48.3 Å². The van der Waals surface area contributed by atoms with Crippen molar-refractivity contribution < 1.29 is 9.84 Å². The zero-order valence-electron chi connectivity index (χ0n) is 16.5. The molecule has 2 N–H and O–H groups in total. The number of guanidine groups is 1. The van der Waals surface area contributed by atoms with Crippen LogP contribution in [0.25, 0.3) is 0 Å². The van der Waals surface area contributed by atoms with Gasteiger partial charge in [0.05, 0.1) is 7.11 Å². The van der Waals surface area contributed by atoms with Gasteiger partial charge in [-0.15, -0.1) is 24.0 Å². The fourth-order valence-corrected chi connectivity index (χ4v) is 2.68. The number of phenolic OH excluding ortho intramolecular Hbond substituents is 1. The summed E-state index contributed by atoms with van der Waals surface area (Å²) in [6.07, 6.45) is 0.782. The Bertz CT molecular complexity index is 733. The monoisotopic (exact) mass is 483 g/mol. The van der Waals surface area contributed by atoms with E-state index in [1.165, 1.54) is 11.1 Å². The van der Waals surface area contributed by atoms with Crippen LogP contribution in [0.2, 0.25) is 0 Å². The number of aryl methyl sites for hydroxylation is 1. The number of nitrogens with one attached hydrogen (secondary N) is 1. The fourth-order valence-electron chi connectivity index (χ4n) is 2.68. The molecule has 0 aliphatic rings. The van der Waals surface area contributed by atoms with Crippen molar-refractivity contribution in [3.8, 4) is 11.5 Å². The molecule has 0 aromatic heterocycles. The van der Waals surface area contributed by atoms with Crippen LogP contribution in [-0.2, 0) is 13.0 Å². The van der Waals surface area contributed by atoms with Crippen molar-refractivity contribution in [2.24, 2.45) is 4.99 Å². The van der Waals surface area contributed by atoms with Gasteiger partial charge in [0, 0.05) is 26.7 Å². The molecule has 5 nitrogen and oxygen atoms in total. The van der Waals surface area contributed by atoms with Crippen LogP contribution in [0.4, 0.5) is 0 Å². The quantitative estimate of drug-likeness (QED) is 0.356. The largest absolute Gasteiger partial charge is 0.504 e. The molecule has 0 atom stereocenters. The molecule has 0 fully saturated rings. The summed E-state index contributed by atoms with van der Waals surface area (Å²) in [5.41, 5.74) is 3.61. The summed E-state index contributed by atoms with van der Waals surface area (Å²) in [7, 11) is 3.60. The molecular formula is C21H30IN3O2. The Hall–Kier alpha value is -1.96. The second kappa shape index (κ2) is 11.7. The summed E-state index contributed by atoms with van der Waals surface area (Å²) in [6, 6.07) is 14.0. The summed E-state index contributed by atoms with van der Waals surface area (Å²) in [5, 5.41) is 13.0. The molecule has 0 bridgehead atoms. The SMILES string of the molecule is CCNC(=NCCc1ccc(O)c(OC)c1)N(C)Cc1ccc(C)cc1.I. The molecule has 0 spiro atoms. The van der Waals surface area contributed by atoms with Gasteiger partial charge in [0.2, 0.25) is 0 Å². The fraction of sp³-hybridized carbons (Fsp3) is 0.381. The van der Waals surface area contributed by atoms with Crippen LogP contribution < -0.4 is 10.1 Å². The van der Waals surface area contributed by atoms with Gasteiger partial charge in [-0.2, -0.15) is 0 Å². The van der Waals surface area contributed by atoms with Crippen LogP contribution in [0.3, 0.4) is 0 Å².